The lowest BCUT2D eigenvalue weighted by molar-refractivity contribution is 0.0596. The Hall–Kier alpha value is -3.85. The number of ether oxygens (including phenoxy) is 1. The molecule has 35 heavy (non-hydrogen) atoms. The van der Waals surface area contributed by atoms with E-state index < -0.39 is 23.3 Å². The van der Waals surface area contributed by atoms with E-state index in [0.717, 1.165) is 28.5 Å². The summed E-state index contributed by atoms with van der Waals surface area (Å²) in [7, 11) is 4.49. The van der Waals surface area contributed by atoms with Crippen molar-refractivity contribution in [2.24, 2.45) is 14.1 Å². The van der Waals surface area contributed by atoms with Gasteiger partial charge in [-0.1, -0.05) is 23.7 Å². The van der Waals surface area contributed by atoms with Gasteiger partial charge in [0.15, 0.2) is 0 Å². The summed E-state index contributed by atoms with van der Waals surface area (Å²) in [6, 6.07) is 9.92. The molecule has 180 valence electrons. The summed E-state index contributed by atoms with van der Waals surface area (Å²) < 4.78 is 10.2. The highest BCUT2D eigenvalue weighted by atomic mass is 35.5. The summed E-state index contributed by atoms with van der Waals surface area (Å²) in [6.07, 6.45) is 3.22. The number of nitrogens with zero attached hydrogens (tertiary/aromatic N) is 4. The first kappa shape index (κ1) is 22.9. The van der Waals surface area contributed by atoms with E-state index in [2.05, 4.69) is 0 Å². The van der Waals surface area contributed by atoms with E-state index in [1.807, 2.05) is 6.07 Å². The van der Waals surface area contributed by atoms with Crippen molar-refractivity contribution in [3.8, 4) is 5.69 Å². The zero-order valence-corrected chi connectivity index (χ0v) is 20.2. The Morgan fingerprint density at radius 3 is 2.51 bits per heavy atom. The van der Waals surface area contributed by atoms with Crippen LogP contribution in [0.3, 0.4) is 0 Å². The molecular weight excluding hydrogens is 472 g/mol. The summed E-state index contributed by atoms with van der Waals surface area (Å²) in [4.78, 5) is 52.2. The molecule has 2 aromatic heterocycles. The lowest BCUT2D eigenvalue weighted by atomic mass is 9.87. The maximum absolute atomic E-state index is 13.8. The standard InChI is InChI=1S/C25H23ClN4O5/c1-27-20-11-10-14(12-21(20)28(2)24(27)33)29-13-17(23(32)35-3)22(31)30(25(29)34)19-9-5-6-15-16(19)7-4-8-18(15)26/h4,7-8,10-13,19H,5-6,9H2,1-3H3/t19-/m1/s1. The Kier molecular flexibility index (Phi) is 5.52. The molecule has 0 saturated heterocycles. The van der Waals surface area contributed by atoms with E-state index >= 15 is 0 Å². The number of imidazole rings is 1. The first-order valence-electron chi connectivity index (χ1n) is 11.1. The van der Waals surface area contributed by atoms with E-state index in [9.17, 15) is 19.2 Å². The molecule has 2 aromatic carbocycles. The monoisotopic (exact) mass is 494 g/mol. The van der Waals surface area contributed by atoms with Gasteiger partial charge in [0.1, 0.15) is 5.56 Å². The van der Waals surface area contributed by atoms with Crippen LogP contribution in [0.5, 0.6) is 0 Å². The molecule has 1 aliphatic rings. The molecule has 2 heterocycles. The van der Waals surface area contributed by atoms with Gasteiger partial charge in [-0.2, -0.15) is 0 Å². The van der Waals surface area contributed by atoms with Crippen LogP contribution in [0.4, 0.5) is 0 Å². The van der Waals surface area contributed by atoms with Crippen molar-refractivity contribution >= 4 is 28.6 Å². The maximum Gasteiger partial charge on any atom is 0.345 e. The van der Waals surface area contributed by atoms with Crippen molar-refractivity contribution in [3.63, 3.8) is 0 Å². The van der Waals surface area contributed by atoms with Crippen LogP contribution in [-0.4, -0.2) is 31.3 Å². The molecule has 0 N–H and O–H groups in total. The number of esters is 1. The van der Waals surface area contributed by atoms with E-state index in [4.69, 9.17) is 16.3 Å². The van der Waals surface area contributed by atoms with Crippen LogP contribution in [0.25, 0.3) is 16.7 Å². The number of hydrogen-bond acceptors (Lipinski definition) is 5. The zero-order valence-electron chi connectivity index (χ0n) is 19.4. The van der Waals surface area contributed by atoms with Gasteiger partial charge in [0.05, 0.1) is 29.9 Å². The summed E-state index contributed by atoms with van der Waals surface area (Å²) >= 11 is 6.42. The van der Waals surface area contributed by atoms with Gasteiger partial charge >= 0.3 is 17.3 Å². The van der Waals surface area contributed by atoms with Crippen molar-refractivity contribution < 1.29 is 9.53 Å². The zero-order chi connectivity index (χ0) is 25.0. The number of halogens is 1. The maximum atomic E-state index is 13.8. The fraction of sp³-hybridized carbons (Fsp3) is 0.280. The second kappa shape index (κ2) is 8.42. The minimum atomic E-state index is -0.840. The molecule has 4 aromatic rings. The normalized spacial score (nSPS) is 15.3. The fourth-order valence-corrected chi connectivity index (χ4v) is 5.25. The highest BCUT2D eigenvalue weighted by molar-refractivity contribution is 6.31. The lowest BCUT2D eigenvalue weighted by Crippen LogP contribution is -2.45. The average Bonchev–Trinajstić information content (AvgIpc) is 3.07. The van der Waals surface area contributed by atoms with Gasteiger partial charge in [0.25, 0.3) is 5.56 Å². The molecule has 0 fully saturated rings. The molecule has 0 bridgehead atoms. The third-order valence-corrected chi connectivity index (χ3v) is 7.14. The Balaban J connectivity index is 1.81. The molecule has 0 saturated carbocycles. The van der Waals surface area contributed by atoms with Crippen LogP contribution in [-0.2, 0) is 25.3 Å². The average molecular weight is 495 g/mol. The van der Waals surface area contributed by atoms with Crippen molar-refractivity contribution in [2.75, 3.05) is 7.11 Å². The number of aryl methyl sites for hydroxylation is 2. The lowest BCUT2D eigenvalue weighted by Gasteiger charge is -2.28. The molecular formula is C25H23ClN4O5. The van der Waals surface area contributed by atoms with Crippen molar-refractivity contribution in [3.05, 3.63) is 95.6 Å². The molecule has 9 nitrogen and oxygen atoms in total. The number of carbonyl (C=O) groups excluding carboxylic acids is 1. The smallest absolute Gasteiger partial charge is 0.345 e. The molecule has 0 aliphatic heterocycles. The molecule has 0 radical (unpaired) electrons. The third kappa shape index (κ3) is 3.46. The number of aromatic nitrogens is 4. The second-order valence-corrected chi connectivity index (χ2v) is 9.06. The number of methoxy groups -OCH3 is 1. The highest BCUT2D eigenvalue weighted by Gasteiger charge is 2.29. The molecule has 0 spiro atoms. The van der Waals surface area contributed by atoms with E-state index in [1.54, 1.807) is 44.4 Å². The highest BCUT2D eigenvalue weighted by Crippen LogP contribution is 2.35. The van der Waals surface area contributed by atoms with E-state index in [-0.39, 0.29) is 11.3 Å². The minimum Gasteiger partial charge on any atom is -0.465 e. The van der Waals surface area contributed by atoms with Crippen molar-refractivity contribution in [1.82, 2.24) is 18.3 Å². The fourth-order valence-electron chi connectivity index (χ4n) is 4.97. The van der Waals surface area contributed by atoms with Crippen LogP contribution >= 0.6 is 11.6 Å². The first-order chi connectivity index (χ1) is 16.7. The van der Waals surface area contributed by atoms with Crippen LogP contribution in [0.1, 0.15) is 40.4 Å². The molecule has 0 amide bonds. The van der Waals surface area contributed by atoms with Crippen molar-refractivity contribution in [1.29, 1.82) is 0 Å². The third-order valence-electron chi connectivity index (χ3n) is 6.79. The predicted octanol–water partition coefficient (Wildman–Crippen LogP) is 2.56. The van der Waals surface area contributed by atoms with E-state index in [0.29, 0.717) is 28.2 Å². The quantitative estimate of drug-likeness (QED) is 0.408. The number of carbonyl (C=O) groups is 1. The molecule has 1 aliphatic carbocycles. The number of hydrogen-bond donors (Lipinski definition) is 0. The Morgan fingerprint density at radius 1 is 1.03 bits per heavy atom. The number of fused-ring (bicyclic) bond motifs is 2. The number of rotatable bonds is 3. The van der Waals surface area contributed by atoms with Crippen LogP contribution < -0.4 is 16.9 Å². The molecule has 1 atom stereocenters. The summed E-state index contributed by atoms with van der Waals surface area (Å²) in [5, 5.41) is 0.583. The Bertz CT molecular complexity index is 1690. The molecule has 5 rings (SSSR count). The molecule has 10 heteroatoms. The van der Waals surface area contributed by atoms with Gasteiger partial charge in [-0.05, 0) is 54.7 Å². The Morgan fingerprint density at radius 2 is 1.77 bits per heavy atom. The van der Waals surface area contributed by atoms with Gasteiger partial charge in [-0.25, -0.2) is 14.4 Å². The summed E-state index contributed by atoms with van der Waals surface area (Å²) in [5.41, 5.74) is 1.60. The Labute approximate surface area is 204 Å². The van der Waals surface area contributed by atoms with Crippen LogP contribution in [0.2, 0.25) is 5.02 Å². The largest absolute Gasteiger partial charge is 0.465 e. The van der Waals surface area contributed by atoms with Crippen LogP contribution in [0.15, 0.2) is 57.0 Å². The van der Waals surface area contributed by atoms with Crippen LogP contribution in [0, 0.1) is 0 Å². The summed E-state index contributed by atoms with van der Waals surface area (Å²) in [5.74, 6) is -0.840. The topological polar surface area (TPSA) is 97.2 Å². The van der Waals surface area contributed by atoms with Gasteiger partial charge in [0.2, 0.25) is 0 Å². The van der Waals surface area contributed by atoms with Gasteiger partial charge in [-0.3, -0.25) is 23.1 Å². The van der Waals surface area contributed by atoms with E-state index in [1.165, 1.54) is 27.0 Å². The van der Waals surface area contributed by atoms with Gasteiger partial charge in [0, 0.05) is 25.3 Å². The minimum absolute atomic E-state index is 0.208. The van der Waals surface area contributed by atoms with Gasteiger partial charge in [-0.15, -0.1) is 0 Å². The predicted molar refractivity (Wildman–Crippen MR) is 132 cm³/mol. The SMILES string of the molecule is COC(=O)c1cn(-c2ccc3c(c2)n(C)c(=O)n3C)c(=O)n([C@@H]2CCCc3c(Cl)cccc32)c1=O. The first-order valence-corrected chi connectivity index (χ1v) is 11.5. The molecule has 0 unspecified atom stereocenters. The van der Waals surface area contributed by atoms with Gasteiger partial charge < -0.3 is 4.74 Å². The summed E-state index contributed by atoms with van der Waals surface area (Å²) in [6.45, 7) is 0. The van der Waals surface area contributed by atoms with Crippen molar-refractivity contribution in [2.45, 2.75) is 25.3 Å². The number of benzene rings is 2. The second-order valence-electron chi connectivity index (χ2n) is 8.65.